The zero-order valence-electron chi connectivity index (χ0n) is 22.4. The summed E-state index contributed by atoms with van der Waals surface area (Å²) in [7, 11) is 0. The van der Waals surface area contributed by atoms with Crippen LogP contribution >= 0.6 is 11.6 Å². The van der Waals surface area contributed by atoms with E-state index < -0.39 is 17.4 Å². The molecule has 4 aromatic rings. The van der Waals surface area contributed by atoms with Gasteiger partial charge in [-0.15, -0.1) is 10.2 Å². The number of hydrogen-bond donors (Lipinski definition) is 2. The Morgan fingerprint density at radius 2 is 1.95 bits per heavy atom. The Morgan fingerprint density at radius 1 is 1.18 bits per heavy atom. The van der Waals surface area contributed by atoms with Gasteiger partial charge in [0.25, 0.3) is 11.8 Å². The van der Waals surface area contributed by atoms with Gasteiger partial charge < -0.3 is 10.6 Å². The van der Waals surface area contributed by atoms with Gasteiger partial charge in [0.2, 0.25) is 0 Å². The molecule has 204 valence electrons. The van der Waals surface area contributed by atoms with E-state index in [0.717, 1.165) is 12.8 Å². The first-order valence-electron chi connectivity index (χ1n) is 12.7. The Hall–Kier alpha value is -4.63. The topological polar surface area (TPSA) is 137 Å². The Bertz CT molecular complexity index is 1660. The summed E-state index contributed by atoms with van der Waals surface area (Å²) in [6.45, 7) is 14.9. The van der Waals surface area contributed by atoms with Crippen molar-refractivity contribution in [3.05, 3.63) is 81.3 Å². The fourth-order valence-corrected chi connectivity index (χ4v) is 4.30. The molecule has 2 amide bonds. The number of carbonyl (C=O) groups excluding carboxylic acids is 2. The number of tetrazole rings is 1. The third kappa shape index (κ3) is 5.84. The van der Waals surface area contributed by atoms with E-state index >= 15 is 0 Å². The first-order valence-corrected chi connectivity index (χ1v) is 13.0. The average molecular weight is 559 g/mol. The molecule has 12 nitrogen and oxygen atoms in total. The molecule has 3 aromatic heterocycles. The number of amides is 2. The third-order valence-electron chi connectivity index (χ3n) is 6.07. The summed E-state index contributed by atoms with van der Waals surface area (Å²) >= 11 is 6.42. The number of benzene rings is 1. The maximum Gasteiger partial charge on any atom is 0.274 e. The van der Waals surface area contributed by atoms with Crippen LogP contribution in [0.25, 0.3) is 10.7 Å². The molecule has 0 aliphatic heterocycles. The smallest absolute Gasteiger partial charge is 0.274 e. The van der Waals surface area contributed by atoms with Crippen LogP contribution in [0.5, 0.6) is 0 Å². The summed E-state index contributed by atoms with van der Waals surface area (Å²) in [5.41, 5.74) is 1.39. The molecule has 0 unspecified atom stereocenters. The highest BCUT2D eigenvalue weighted by Gasteiger charge is 2.29. The summed E-state index contributed by atoms with van der Waals surface area (Å²) in [5, 5.41) is 23.3. The zero-order valence-corrected chi connectivity index (χ0v) is 23.2. The van der Waals surface area contributed by atoms with Crippen molar-refractivity contribution < 1.29 is 9.59 Å². The van der Waals surface area contributed by atoms with Crippen molar-refractivity contribution in [3.63, 3.8) is 0 Å². The second-order valence-electron chi connectivity index (χ2n) is 10.6. The lowest BCUT2D eigenvalue weighted by atomic mass is 10.0. The Kier molecular flexibility index (Phi) is 7.08. The first-order chi connectivity index (χ1) is 19.0. The van der Waals surface area contributed by atoms with Gasteiger partial charge in [-0.1, -0.05) is 17.7 Å². The Morgan fingerprint density at radius 3 is 2.62 bits per heavy atom. The molecule has 3 heterocycles. The highest BCUT2D eigenvalue weighted by molar-refractivity contribution is 6.32. The largest absolute Gasteiger partial charge is 0.347 e. The normalized spacial score (nSPS) is 13.1. The van der Waals surface area contributed by atoms with Crippen LogP contribution in [0.2, 0.25) is 5.02 Å². The van der Waals surface area contributed by atoms with E-state index in [1.807, 2.05) is 20.8 Å². The molecular formula is C27H27ClN10O2. The number of hydrogen-bond acceptors (Lipinski definition) is 7. The molecule has 13 heteroatoms. The van der Waals surface area contributed by atoms with E-state index in [4.69, 9.17) is 18.2 Å². The van der Waals surface area contributed by atoms with Gasteiger partial charge in [0, 0.05) is 17.7 Å². The minimum absolute atomic E-state index is 0.133. The Labute approximate surface area is 235 Å². The van der Waals surface area contributed by atoms with Gasteiger partial charge >= 0.3 is 0 Å². The molecule has 0 atom stereocenters. The molecule has 0 radical (unpaired) electrons. The van der Waals surface area contributed by atoms with Gasteiger partial charge in [-0.05, 0) is 75.6 Å². The molecule has 1 fully saturated rings. The lowest BCUT2D eigenvalue weighted by molar-refractivity contribution is 0.0920. The van der Waals surface area contributed by atoms with E-state index in [-0.39, 0.29) is 35.0 Å². The predicted molar refractivity (Wildman–Crippen MR) is 148 cm³/mol. The standard InChI is InChI=1S/C27H27ClN10O2/c1-15-11-17(29-5)12-19(25(39)32-27(2,3)4)22(15)31-26(40)21-13-18(14-37-35-23(33-36-37)16-8-9-16)34-38(21)24-20(28)7-6-10-30-24/h6-7,10-13,16H,8-9,14H2,1-4H3,(H,31,40)(H,32,39). The number of pyridine rings is 1. The second kappa shape index (κ2) is 10.5. The number of halogens is 1. The zero-order chi connectivity index (χ0) is 28.6. The molecule has 0 saturated heterocycles. The van der Waals surface area contributed by atoms with Crippen molar-refractivity contribution in [2.75, 3.05) is 5.32 Å². The van der Waals surface area contributed by atoms with E-state index in [9.17, 15) is 9.59 Å². The van der Waals surface area contributed by atoms with Crippen LogP contribution in [-0.2, 0) is 6.54 Å². The first kappa shape index (κ1) is 27.0. The monoisotopic (exact) mass is 558 g/mol. The third-order valence-corrected chi connectivity index (χ3v) is 6.36. The quantitative estimate of drug-likeness (QED) is 0.319. The molecular weight excluding hydrogens is 532 g/mol. The van der Waals surface area contributed by atoms with Crippen molar-refractivity contribution in [1.82, 2.24) is 40.3 Å². The van der Waals surface area contributed by atoms with E-state index in [0.29, 0.717) is 28.0 Å². The lowest BCUT2D eigenvalue weighted by Crippen LogP contribution is -2.41. The number of nitrogens with one attached hydrogen (secondary N) is 2. The highest BCUT2D eigenvalue weighted by Crippen LogP contribution is 2.37. The van der Waals surface area contributed by atoms with Crippen molar-refractivity contribution in [3.8, 4) is 5.82 Å². The van der Waals surface area contributed by atoms with Crippen LogP contribution < -0.4 is 10.6 Å². The number of anilines is 1. The number of aromatic nitrogens is 7. The molecule has 0 spiro atoms. The van der Waals surface area contributed by atoms with Crippen LogP contribution in [0, 0.1) is 13.5 Å². The number of carbonyl (C=O) groups is 2. The minimum Gasteiger partial charge on any atom is -0.347 e. The van der Waals surface area contributed by atoms with Gasteiger partial charge in [0.15, 0.2) is 17.3 Å². The fraction of sp³-hybridized carbons (Fsp3) is 0.333. The lowest BCUT2D eigenvalue weighted by Gasteiger charge is -2.22. The van der Waals surface area contributed by atoms with Gasteiger partial charge in [0.05, 0.1) is 28.5 Å². The van der Waals surface area contributed by atoms with Crippen molar-refractivity contribution in [2.45, 2.75) is 58.5 Å². The maximum absolute atomic E-state index is 13.8. The highest BCUT2D eigenvalue weighted by atomic mass is 35.5. The number of aryl methyl sites for hydroxylation is 1. The molecule has 1 aliphatic carbocycles. The molecule has 40 heavy (non-hydrogen) atoms. The molecule has 1 saturated carbocycles. The second-order valence-corrected chi connectivity index (χ2v) is 11.1. The molecule has 1 aliphatic rings. The van der Waals surface area contributed by atoms with E-state index in [2.05, 4.69) is 41.0 Å². The molecule has 1 aromatic carbocycles. The SMILES string of the molecule is [C-]#[N+]c1cc(C)c(NC(=O)c2cc(Cn3nnc(C4CC4)n3)nn2-c2ncccc2Cl)c(C(=O)NC(C)(C)C)c1. The average Bonchev–Trinajstić information content (AvgIpc) is 3.50. The van der Waals surface area contributed by atoms with Crippen molar-refractivity contribution in [2.24, 2.45) is 0 Å². The van der Waals surface area contributed by atoms with E-state index in [1.54, 1.807) is 37.4 Å². The summed E-state index contributed by atoms with van der Waals surface area (Å²) in [5.74, 6) is 0.347. The molecule has 5 rings (SSSR count). The predicted octanol–water partition coefficient (Wildman–Crippen LogP) is 4.47. The number of rotatable bonds is 7. The van der Waals surface area contributed by atoms with Crippen LogP contribution in [0.3, 0.4) is 0 Å². The summed E-state index contributed by atoms with van der Waals surface area (Å²) in [6, 6.07) is 8.00. The number of nitrogens with zero attached hydrogens (tertiary/aromatic N) is 8. The molecule has 0 bridgehead atoms. The minimum atomic E-state index is -0.547. The molecule has 2 N–H and O–H groups in total. The van der Waals surface area contributed by atoms with Gasteiger partial charge in [0.1, 0.15) is 12.2 Å². The Balaban J connectivity index is 1.52. The van der Waals surface area contributed by atoms with Crippen LogP contribution in [0.4, 0.5) is 11.4 Å². The summed E-state index contributed by atoms with van der Waals surface area (Å²) < 4.78 is 1.35. The van der Waals surface area contributed by atoms with Crippen molar-refractivity contribution in [1.29, 1.82) is 0 Å². The van der Waals surface area contributed by atoms with Crippen LogP contribution in [0.15, 0.2) is 36.5 Å². The fourth-order valence-electron chi connectivity index (χ4n) is 4.10. The van der Waals surface area contributed by atoms with Gasteiger partial charge in [-0.3, -0.25) is 9.59 Å². The van der Waals surface area contributed by atoms with Gasteiger partial charge in [-0.25, -0.2) is 14.5 Å². The maximum atomic E-state index is 13.8. The van der Waals surface area contributed by atoms with Crippen LogP contribution in [-0.4, -0.2) is 52.3 Å². The van der Waals surface area contributed by atoms with Crippen LogP contribution in [0.1, 0.15) is 77.5 Å². The summed E-state index contributed by atoms with van der Waals surface area (Å²) in [4.78, 5) is 36.2. The van der Waals surface area contributed by atoms with Gasteiger partial charge in [-0.2, -0.15) is 9.90 Å². The van der Waals surface area contributed by atoms with E-state index in [1.165, 1.54) is 15.5 Å². The summed E-state index contributed by atoms with van der Waals surface area (Å²) in [6.07, 6.45) is 3.65. The van der Waals surface area contributed by atoms with Crippen molar-refractivity contribution >= 4 is 34.8 Å².